The Balaban J connectivity index is 1.82. The number of anilines is 2. The average molecular weight is 394 g/mol. The third kappa shape index (κ3) is 4.10. The number of benzene rings is 2. The molecular weight excluding hydrogens is 374 g/mol. The number of fused-ring (bicyclic) bond motifs is 1. The summed E-state index contributed by atoms with van der Waals surface area (Å²) >= 11 is 0. The van der Waals surface area contributed by atoms with Gasteiger partial charge in [0, 0.05) is 17.8 Å². The van der Waals surface area contributed by atoms with Gasteiger partial charge in [-0.1, -0.05) is 19.4 Å². The SMILES string of the molecule is CCCCS(=O)(=O)N1CCc2ccc(NC(=O)c3ccc(F)c(F)c3)cc21. The van der Waals surface area contributed by atoms with Gasteiger partial charge >= 0.3 is 0 Å². The molecule has 0 aliphatic carbocycles. The topological polar surface area (TPSA) is 66.5 Å². The Kier molecular flexibility index (Phi) is 5.46. The molecule has 2 aromatic rings. The third-order valence-electron chi connectivity index (χ3n) is 4.47. The highest BCUT2D eigenvalue weighted by Gasteiger charge is 2.29. The van der Waals surface area contributed by atoms with E-state index in [2.05, 4.69) is 5.32 Å². The molecule has 1 aliphatic heterocycles. The van der Waals surface area contributed by atoms with Gasteiger partial charge in [-0.25, -0.2) is 17.2 Å². The molecule has 2 aromatic carbocycles. The van der Waals surface area contributed by atoms with Gasteiger partial charge in [-0.05, 0) is 48.7 Å². The van der Waals surface area contributed by atoms with Gasteiger partial charge in [-0.2, -0.15) is 0 Å². The molecule has 0 saturated carbocycles. The van der Waals surface area contributed by atoms with Crippen LogP contribution in [-0.2, 0) is 16.4 Å². The summed E-state index contributed by atoms with van der Waals surface area (Å²) in [5.41, 5.74) is 1.80. The van der Waals surface area contributed by atoms with Crippen molar-refractivity contribution in [2.45, 2.75) is 26.2 Å². The molecule has 0 bridgehead atoms. The van der Waals surface area contributed by atoms with E-state index in [1.54, 1.807) is 18.2 Å². The maximum Gasteiger partial charge on any atom is 0.255 e. The fourth-order valence-corrected chi connectivity index (χ4v) is 4.71. The van der Waals surface area contributed by atoms with Crippen LogP contribution >= 0.6 is 0 Å². The number of nitrogens with one attached hydrogen (secondary N) is 1. The van der Waals surface area contributed by atoms with Crippen LogP contribution in [0.15, 0.2) is 36.4 Å². The number of carbonyl (C=O) groups excluding carboxylic acids is 1. The maximum absolute atomic E-state index is 13.3. The van der Waals surface area contributed by atoms with Crippen molar-refractivity contribution in [3.63, 3.8) is 0 Å². The molecule has 0 saturated heterocycles. The average Bonchev–Trinajstić information content (AvgIpc) is 3.06. The highest BCUT2D eigenvalue weighted by atomic mass is 32.2. The first-order valence-corrected chi connectivity index (χ1v) is 10.3. The van der Waals surface area contributed by atoms with Crippen molar-refractivity contribution >= 4 is 27.3 Å². The molecule has 0 aromatic heterocycles. The highest BCUT2D eigenvalue weighted by molar-refractivity contribution is 7.92. The largest absolute Gasteiger partial charge is 0.322 e. The lowest BCUT2D eigenvalue weighted by Crippen LogP contribution is -2.31. The van der Waals surface area contributed by atoms with Crippen molar-refractivity contribution in [1.82, 2.24) is 0 Å². The minimum atomic E-state index is -3.41. The zero-order chi connectivity index (χ0) is 19.6. The van der Waals surface area contributed by atoms with Gasteiger partial charge in [-0.3, -0.25) is 9.10 Å². The number of amides is 1. The minimum Gasteiger partial charge on any atom is -0.322 e. The van der Waals surface area contributed by atoms with E-state index in [9.17, 15) is 22.0 Å². The van der Waals surface area contributed by atoms with Gasteiger partial charge in [0.1, 0.15) is 0 Å². The Bertz CT molecular complexity index is 977. The van der Waals surface area contributed by atoms with Gasteiger partial charge in [0.05, 0.1) is 11.4 Å². The molecule has 5 nitrogen and oxygen atoms in total. The van der Waals surface area contributed by atoms with E-state index in [4.69, 9.17) is 0 Å². The smallest absolute Gasteiger partial charge is 0.255 e. The molecule has 0 radical (unpaired) electrons. The van der Waals surface area contributed by atoms with Gasteiger partial charge in [-0.15, -0.1) is 0 Å². The molecule has 0 spiro atoms. The van der Waals surface area contributed by atoms with Crippen molar-refractivity contribution in [2.75, 3.05) is 21.9 Å². The van der Waals surface area contributed by atoms with E-state index in [0.29, 0.717) is 30.8 Å². The molecule has 1 aliphatic rings. The molecule has 0 unspecified atom stereocenters. The van der Waals surface area contributed by atoms with Crippen LogP contribution in [0.1, 0.15) is 35.7 Å². The van der Waals surface area contributed by atoms with E-state index in [1.807, 2.05) is 6.92 Å². The lowest BCUT2D eigenvalue weighted by Gasteiger charge is -2.20. The maximum atomic E-state index is 13.3. The molecule has 1 heterocycles. The van der Waals surface area contributed by atoms with Crippen LogP contribution in [0.4, 0.5) is 20.2 Å². The predicted molar refractivity (Wildman–Crippen MR) is 100 cm³/mol. The summed E-state index contributed by atoms with van der Waals surface area (Å²) in [4.78, 5) is 12.3. The van der Waals surface area contributed by atoms with Gasteiger partial charge in [0.25, 0.3) is 5.91 Å². The number of unbranched alkanes of at least 4 members (excludes halogenated alkanes) is 1. The lowest BCUT2D eigenvalue weighted by molar-refractivity contribution is 0.102. The van der Waals surface area contributed by atoms with E-state index < -0.39 is 27.6 Å². The quantitative estimate of drug-likeness (QED) is 0.812. The molecular formula is C19H20F2N2O3S. The number of halogens is 2. The summed E-state index contributed by atoms with van der Waals surface area (Å²) in [5, 5.41) is 2.60. The predicted octanol–water partition coefficient (Wildman–Crippen LogP) is 3.71. The standard InChI is InChI=1S/C19H20F2N2O3S/c1-2-3-10-27(25,26)23-9-8-13-4-6-15(12-18(13)23)22-19(24)14-5-7-16(20)17(21)11-14/h4-7,11-12H,2-3,8-10H2,1H3,(H,22,24). The van der Waals surface area contributed by atoms with Crippen LogP contribution in [0.25, 0.3) is 0 Å². The number of rotatable bonds is 6. The molecule has 144 valence electrons. The minimum absolute atomic E-state index is 0.0261. The Morgan fingerprint density at radius 2 is 1.93 bits per heavy atom. The van der Waals surface area contributed by atoms with Crippen LogP contribution in [0.3, 0.4) is 0 Å². The van der Waals surface area contributed by atoms with Gasteiger partial charge in [0.15, 0.2) is 11.6 Å². The summed E-state index contributed by atoms with van der Waals surface area (Å²) in [6.07, 6.45) is 1.98. The third-order valence-corrected chi connectivity index (χ3v) is 6.32. The molecule has 27 heavy (non-hydrogen) atoms. The second-order valence-corrected chi connectivity index (χ2v) is 8.43. The first-order chi connectivity index (χ1) is 12.8. The summed E-state index contributed by atoms with van der Waals surface area (Å²) in [6.45, 7) is 2.31. The number of nitrogens with zero attached hydrogens (tertiary/aromatic N) is 1. The second kappa shape index (κ2) is 7.64. The zero-order valence-corrected chi connectivity index (χ0v) is 15.7. The van der Waals surface area contributed by atoms with E-state index >= 15 is 0 Å². The summed E-state index contributed by atoms with van der Waals surface area (Å²) in [5.74, 6) is -2.66. The van der Waals surface area contributed by atoms with Crippen molar-refractivity contribution in [1.29, 1.82) is 0 Å². The number of hydrogen-bond donors (Lipinski definition) is 1. The number of carbonyl (C=O) groups is 1. The normalized spacial score (nSPS) is 13.5. The van der Waals surface area contributed by atoms with Crippen LogP contribution in [0, 0.1) is 11.6 Å². The monoisotopic (exact) mass is 394 g/mol. The molecule has 3 rings (SSSR count). The number of sulfonamides is 1. The van der Waals surface area contributed by atoms with E-state index in [0.717, 1.165) is 24.1 Å². The Hall–Kier alpha value is -2.48. The number of hydrogen-bond acceptors (Lipinski definition) is 3. The molecule has 1 N–H and O–H groups in total. The Morgan fingerprint density at radius 3 is 2.63 bits per heavy atom. The summed E-state index contributed by atoms with van der Waals surface area (Å²) < 4.78 is 52.8. The van der Waals surface area contributed by atoms with Gasteiger partial charge < -0.3 is 5.32 Å². The van der Waals surface area contributed by atoms with Crippen molar-refractivity contribution in [3.8, 4) is 0 Å². The van der Waals surface area contributed by atoms with Crippen LogP contribution in [0.2, 0.25) is 0 Å². The van der Waals surface area contributed by atoms with Crippen molar-refractivity contribution in [2.24, 2.45) is 0 Å². The first kappa shape index (κ1) is 19.3. The zero-order valence-electron chi connectivity index (χ0n) is 14.8. The molecule has 8 heteroatoms. The fourth-order valence-electron chi connectivity index (χ4n) is 2.99. The van der Waals surface area contributed by atoms with E-state index in [-0.39, 0.29) is 11.3 Å². The first-order valence-electron chi connectivity index (χ1n) is 8.71. The Labute approximate surface area is 157 Å². The molecule has 1 amide bonds. The summed E-state index contributed by atoms with van der Waals surface area (Å²) in [7, 11) is -3.41. The lowest BCUT2D eigenvalue weighted by atomic mass is 10.1. The Morgan fingerprint density at radius 1 is 1.15 bits per heavy atom. The van der Waals surface area contributed by atoms with Gasteiger partial charge in [0.2, 0.25) is 10.0 Å². The summed E-state index contributed by atoms with van der Waals surface area (Å²) in [6, 6.07) is 7.92. The molecule has 0 atom stereocenters. The van der Waals surface area contributed by atoms with E-state index in [1.165, 1.54) is 10.4 Å². The van der Waals surface area contributed by atoms with Crippen LogP contribution in [0.5, 0.6) is 0 Å². The van der Waals surface area contributed by atoms with Crippen molar-refractivity contribution < 1.29 is 22.0 Å². The highest BCUT2D eigenvalue weighted by Crippen LogP contribution is 2.33. The van der Waals surface area contributed by atoms with Crippen LogP contribution in [-0.4, -0.2) is 26.6 Å². The molecule has 0 fully saturated rings. The van der Waals surface area contributed by atoms with Crippen molar-refractivity contribution in [3.05, 3.63) is 59.2 Å². The van der Waals surface area contributed by atoms with Crippen LogP contribution < -0.4 is 9.62 Å². The second-order valence-electron chi connectivity index (χ2n) is 6.42. The fraction of sp³-hybridized carbons (Fsp3) is 0.316.